The zero-order valence-corrected chi connectivity index (χ0v) is 10.6. The third-order valence-electron chi connectivity index (χ3n) is 3.28. The van der Waals surface area contributed by atoms with Gasteiger partial charge in [0.05, 0.1) is 6.10 Å². The van der Waals surface area contributed by atoms with Crippen LogP contribution in [0.15, 0.2) is 36.4 Å². The van der Waals surface area contributed by atoms with Gasteiger partial charge in [-0.2, -0.15) is 0 Å². The Morgan fingerprint density at radius 1 is 1.12 bits per heavy atom. The average molecular weight is 228 g/mol. The van der Waals surface area contributed by atoms with Crippen molar-refractivity contribution < 1.29 is 5.11 Å². The largest absolute Gasteiger partial charge is 0.389 e. The number of hydrogen-bond donors (Lipinski definition) is 1. The zero-order chi connectivity index (χ0) is 12.3. The molecule has 0 fully saturated rings. The summed E-state index contributed by atoms with van der Waals surface area (Å²) in [5.41, 5.74) is 2.40. The molecule has 2 aromatic rings. The van der Waals surface area contributed by atoms with Crippen molar-refractivity contribution in [2.45, 2.75) is 39.2 Å². The molecule has 1 unspecified atom stereocenters. The number of aliphatic hydroxyl groups excluding tert-OH is 1. The highest BCUT2D eigenvalue weighted by atomic mass is 16.3. The van der Waals surface area contributed by atoms with Crippen LogP contribution in [-0.2, 0) is 6.42 Å². The second-order valence-corrected chi connectivity index (χ2v) is 4.64. The standard InChI is InChI=1S/C16H20O/c1-3-4-7-14-11-10-13-8-5-6-9-15(13)16(14)12(2)17/h5-6,8-12,17H,3-4,7H2,1-2H3. The smallest absolute Gasteiger partial charge is 0.0770 e. The second kappa shape index (κ2) is 5.33. The SMILES string of the molecule is CCCCc1ccc2ccccc2c1C(C)O. The highest BCUT2D eigenvalue weighted by molar-refractivity contribution is 5.87. The minimum Gasteiger partial charge on any atom is -0.389 e. The zero-order valence-electron chi connectivity index (χ0n) is 10.6. The fourth-order valence-corrected chi connectivity index (χ4v) is 2.42. The Hall–Kier alpha value is -1.34. The molecule has 0 saturated carbocycles. The highest BCUT2D eigenvalue weighted by Crippen LogP contribution is 2.28. The molecule has 1 heteroatoms. The summed E-state index contributed by atoms with van der Waals surface area (Å²) in [6.07, 6.45) is 3.03. The minimum absolute atomic E-state index is 0.395. The van der Waals surface area contributed by atoms with E-state index in [9.17, 15) is 5.11 Å². The van der Waals surface area contributed by atoms with Gasteiger partial charge in [-0.05, 0) is 41.7 Å². The Bertz CT molecular complexity index is 500. The minimum atomic E-state index is -0.395. The van der Waals surface area contributed by atoms with Crippen molar-refractivity contribution in [1.82, 2.24) is 0 Å². The van der Waals surface area contributed by atoms with Crippen LogP contribution in [0.25, 0.3) is 10.8 Å². The van der Waals surface area contributed by atoms with Gasteiger partial charge in [-0.25, -0.2) is 0 Å². The lowest BCUT2D eigenvalue weighted by atomic mass is 9.93. The third-order valence-corrected chi connectivity index (χ3v) is 3.28. The van der Waals surface area contributed by atoms with Crippen molar-refractivity contribution in [3.63, 3.8) is 0 Å². The molecule has 0 aliphatic carbocycles. The van der Waals surface area contributed by atoms with Gasteiger partial charge in [-0.1, -0.05) is 49.7 Å². The molecule has 0 aromatic heterocycles. The van der Waals surface area contributed by atoms with Gasteiger partial charge in [-0.15, -0.1) is 0 Å². The van der Waals surface area contributed by atoms with Crippen molar-refractivity contribution in [2.24, 2.45) is 0 Å². The third kappa shape index (κ3) is 2.50. The number of aryl methyl sites for hydroxylation is 1. The van der Waals surface area contributed by atoms with Gasteiger partial charge >= 0.3 is 0 Å². The summed E-state index contributed by atoms with van der Waals surface area (Å²) in [4.78, 5) is 0. The van der Waals surface area contributed by atoms with Crippen LogP contribution >= 0.6 is 0 Å². The highest BCUT2D eigenvalue weighted by Gasteiger charge is 2.11. The van der Waals surface area contributed by atoms with E-state index < -0.39 is 6.10 Å². The van der Waals surface area contributed by atoms with E-state index in [2.05, 4.69) is 31.2 Å². The predicted octanol–water partition coefficient (Wildman–Crippen LogP) is 4.24. The number of rotatable bonds is 4. The molecule has 0 aliphatic heterocycles. The van der Waals surface area contributed by atoms with Crippen LogP contribution in [0.1, 0.15) is 43.9 Å². The molecule has 2 aromatic carbocycles. The van der Waals surface area contributed by atoms with Crippen molar-refractivity contribution in [2.75, 3.05) is 0 Å². The summed E-state index contributed by atoms with van der Waals surface area (Å²) in [7, 11) is 0. The summed E-state index contributed by atoms with van der Waals surface area (Å²) in [6, 6.07) is 12.6. The number of unbranched alkanes of at least 4 members (excludes halogenated alkanes) is 1. The fraction of sp³-hybridized carbons (Fsp3) is 0.375. The summed E-state index contributed by atoms with van der Waals surface area (Å²) < 4.78 is 0. The van der Waals surface area contributed by atoms with Gasteiger partial charge in [0.15, 0.2) is 0 Å². The average Bonchev–Trinajstić information content (AvgIpc) is 2.35. The van der Waals surface area contributed by atoms with Crippen molar-refractivity contribution >= 4 is 10.8 Å². The van der Waals surface area contributed by atoms with E-state index in [4.69, 9.17) is 0 Å². The first-order valence-electron chi connectivity index (χ1n) is 6.42. The molecule has 2 rings (SSSR count). The van der Waals surface area contributed by atoms with E-state index >= 15 is 0 Å². The van der Waals surface area contributed by atoms with Crippen LogP contribution in [0.3, 0.4) is 0 Å². The van der Waals surface area contributed by atoms with Crippen molar-refractivity contribution in [3.05, 3.63) is 47.5 Å². The molecule has 17 heavy (non-hydrogen) atoms. The molecule has 0 bridgehead atoms. The molecule has 0 amide bonds. The molecule has 0 spiro atoms. The first-order chi connectivity index (χ1) is 8.24. The van der Waals surface area contributed by atoms with E-state index in [-0.39, 0.29) is 0 Å². The summed E-state index contributed by atoms with van der Waals surface area (Å²) in [6.45, 7) is 4.06. The molecular weight excluding hydrogens is 208 g/mol. The lowest BCUT2D eigenvalue weighted by Gasteiger charge is -2.15. The van der Waals surface area contributed by atoms with E-state index in [0.29, 0.717) is 0 Å². The maximum absolute atomic E-state index is 10.0. The van der Waals surface area contributed by atoms with Crippen LogP contribution in [-0.4, -0.2) is 5.11 Å². The van der Waals surface area contributed by atoms with Gasteiger partial charge in [0, 0.05) is 0 Å². The van der Waals surface area contributed by atoms with Crippen LogP contribution in [0.2, 0.25) is 0 Å². The second-order valence-electron chi connectivity index (χ2n) is 4.64. The fourth-order valence-electron chi connectivity index (χ4n) is 2.42. The monoisotopic (exact) mass is 228 g/mol. The Morgan fingerprint density at radius 2 is 1.88 bits per heavy atom. The maximum atomic E-state index is 10.0. The number of fused-ring (bicyclic) bond motifs is 1. The van der Waals surface area contributed by atoms with Crippen LogP contribution in [0.5, 0.6) is 0 Å². The summed E-state index contributed by atoms with van der Waals surface area (Å²) >= 11 is 0. The van der Waals surface area contributed by atoms with Crippen molar-refractivity contribution in [1.29, 1.82) is 0 Å². The van der Waals surface area contributed by atoms with Gasteiger partial charge in [0.1, 0.15) is 0 Å². The van der Waals surface area contributed by atoms with E-state index in [1.54, 1.807) is 0 Å². The Morgan fingerprint density at radius 3 is 2.59 bits per heavy atom. The first-order valence-corrected chi connectivity index (χ1v) is 6.42. The molecular formula is C16H20O. The maximum Gasteiger partial charge on any atom is 0.0770 e. The number of aliphatic hydroxyl groups is 1. The topological polar surface area (TPSA) is 20.2 Å². The summed E-state index contributed by atoms with van der Waals surface area (Å²) in [5, 5.41) is 12.4. The van der Waals surface area contributed by atoms with E-state index in [0.717, 1.165) is 12.0 Å². The van der Waals surface area contributed by atoms with Crippen molar-refractivity contribution in [3.8, 4) is 0 Å². The molecule has 0 heterocycles. The lowest BCUT2D eigenvalue weighted by Crippen LogP contribution is -2.00. The van der Waals surface area contributed by atoms with Crippen LogP contribution in [0, 0.1) is 0 Å². The van der Waals surface area contributed by atoms with Gasteiger partial charge in [0.2, 0.25) is 0 Å². The Balaban J connectivity index is 2.56. The van der Waals surface area contributed by atoms with Crippen LogP contribution < -0.4 is 0 Å². The van der Waals surface area contributed by atoms with E-state index in [1.807, 2.05) is 19.1 Å². The van der Waals surface area contributed by atoms with Gasteiger partial charge in [-0.3, -0.25) is 0 Å². The number of hydrogen-bond acceptors (Lipinski definition) is 1. The van der Waals surface area contributed by atoms with Gasteiger partial charge < -0.3 is 5.11 Å². The normalized spacial score (nSPS) is 12.9. The molecule has 1 N–H and O–H groups in total. The first kappa shape index (κ1) is 12.1. The Labute approximate surface area is 103 Å². The molecule has 0 aliphatic rings. The predicted molar refractivity (Wildman–Crippen MR) is 73.2 cm³/mol. The number of benzene rings is 2. The van der Waals surface area contributed by atoms with Gasteiger partial charge in [0.25, 0.3) is 0 Å². The molecule has 0 saturated heterocycles. The quantitative estimate of drug-likeness (QED) is 0.830. The molecule has 0 radical (unpaired) electrons. The summed E-state index contributed by atoms with van der Waals surface area (Å²) in [5.74, 6) is 0. The molecule has 90 valence electrons. The van der Waals surface area contributed by atoms with Crippen LogP contribution in [0.4, 0.5) is 0 Å². The molecule has 1 nitrogen and oxygen atoms in total. The van der Waals surface area contributed by atoms with E-state index in [1.165, 1.54) is 29.2 Å². The lowest BCUT2D eigenvalue weighted by molar-refractivity contribution is 0.199. The molecule has 1 atom stereocenters. The Kier molecular flexibility index (Phi) is 3.80.